The summed E-state index contributed by atoms with van der Waals surface area (Å²) < 4.78 is 44.9. The van der Waals surface area contributed by atoms with Crippen LogP contribution in [0.5, 0.6) is 0 Å². The second kappa shape index (κ2) is 12.6. The van der Waals surface area contributed by atoms with E-state index in [2.05, 4.69) is 33.5 Å². The number of ether oxygens (including phenoxy) is 1. The molecule has 0 spiro atoms. The highest BCUT2D eigenvalue weighted by atomic mass is 35.5. The van der Waals surface area contributed by atoms with Crippen molar-refractivity contribution in [2.24, 2.45) is 23.7 Å². The zero-order chi connectivity index (χ0) is 28.8. The summed E-state index contributed by atoms with van der Waals surface area (Å²) in [6.07, 6.45) is -3.12. The number of nitrogens with zero attached hydrogens (tertiary/aromatic N) is 1. The van der Waals surface area contributed by atoms with Crippen molar-refractivity contribution in [3.05, 3.63) is 0 Å². The first kappa shape index (κ1) is 30.9. The number of amides is 2. The maximum atomic E-state index is 13.6. The highest BCUT2D eigenvalue weighted by Crippen LogP contribution is 2.39. The van der Waals surface area contributed by atoms with Crippen LogP contribution in [0.3, 0.4) is 0 Å². The molecular formula is C25H39Cl2F3N6O3S. The second-order valence-corrected chi connectivity index (χ2v) is 14.2. The van der Waals surface area contributed by atoms with E-state index in [1.165, 1.54) is 0 Å². The van der Waals surface area contributed by atoms with E-state index in [1.54, 1.807) is 23.8 Å². The molecule has 0 aromatic heterocycles. The lowest BCUT2D eigenvalue weighted by Gasteiger charge is -2.45. The Morgan fingerprint density at radius 1 is 1.00 bits per heavy atom. The largest absolute Gasteiger partial charge is 0.403 e. The van der Waals surface area contributed by atoms with E-state index in [-0.39, 0.29) is 70.9 Å². The molecule has 12 unspecified atom stereocenters. The number of rotatable bonds is 5. The predicted molar refractivity (Wildman–Crippen MR) is 148 cm³/mol. The molecule has 5 heterocycles. The number of nitrogens with one attached hydrogen (secondary N) is 5. The number of hydrogen-bond donors (Lipinski definition) is 5. The third-order valence-electron chi connectivity index (χ3n) is 9.24. The lowest BCUT2D eigenvalue weighted by Crippen LogP contribution is -2.57. The van der Waals surface area contributed by atoms with Crippen molar-refractivity contribution in [2.75, 3.05) is 39.8 Å². The Morgan fingerprint density at radius 3 is 2.42 bits per heavy atom. The van der Waals surface area contributed by atoms with Gasteiger partial charge in [0.05, 0.1) is 23.4 Å². The number of piperidine rings is 3. The monoisotopic (exact) mass is 630 g/mol. The van der Waals surface area contributed by atoms with Crippen LogP contribution in [0.25, 0.3) is 0 Å². The molecule has 5 saturated heterocycles. The second-order valence-electron chi connectivity index (χ2n) is 11.8. The van der Waals surface area contributed by atoms with Gasteiger partial charge in [-0.1, -0.05) is 0 Å². The van der Waals surface area contributed by atoms with Crippen LogP contribution in [0.2, 0.25) is 0 Å². The van der Waals surface area contributed by atoms with Crippen molar-refractivity contribution >= 4 is 46.8 Å². The van der Waals surface area contributed by atoms with Gasteiger partial charge in [-0.05, 0) is 38.0 Å². The van der Waals surface area contributed by atoms with Gasteiger partial charge in [-0.15, -0.1) is 35.0 Å². The van der Waals surface area contributed by atoms with Crippen LogP contribution >= 0.6 is 35.0 Å². The molecule has 5 aliphatic heterocycles. The summed E-state index contributed by atoms with van der Waals surface area (Å²) in [5.74, 6) is -0.850. The van der Waals surface area contributed by atoms with Gasteiger partial charge in [-0.2, -0.15) is 13.2 Å². The minimum Gasteiger partial charge on any atom is -0.380 e. The van der Waals surface area contributed by atoms with E-state index >= 15 is 0 Å². The van der Waals surface area contributed by atoms with Gasteiger partial charge in [0.1, 0.15) is 11.5 Å². The lowest BCUT2D eigenvalue weighted by atomic mass is 9.70. The van der Waals surface area contributed by atoms with Crippen LogP contribution in [0, 0.1) is 23.7 Å². The molecule has 0 radical (unpaired) electrons. The molecule has 5 N–H and O–H groups in total. The van der Waals surface area contributed by atoms with E-state index < -0.39 is 23.5 Å². The molecule has 0 aromatic carbocycles. The van der Waals surface area contributed by atoms with Crippen LogP contribution in [-0.2, 0) is 14.3 Å². The van der Waals surface area contributed by atoms with Crippen LogP contribution in [0.1, 0.15) is 26.2 Å². The number of carbonyl (C=O) groups is 2. The summed E-state index contributed by atoms with van der Waals surface area (Å²) in [4.78, 5) is 28.4. The number of hydrogen-bond acceptors (Lipinski definition) is 8. The number of fused-ring (bicyclic) bond motifs is 1. The fraction of sp³-hybridized carbons (Fsp3) is 0.920. The average molecular weight is 632 g/mol. The topological polar surface area (TPSA) is 107 Å². The molecule has 12 atom stereocenters. The highest BCUT2D eigenvalue weighted by Gasteiger charge is 2.50. The maximum absolute atomic E-state index is 13.6. The molecule has 5 fully saturated rings. The molecule has 5 rings (SSSR count). The molecule has 2 amide bonds. The molecule has 0 aliphatic carbocycles. The predicted octanol–water partition coefficient (Wildman–Crippen LogP) is 1.25. The van der Waals surface area contributed by atoms with Crippen molar-refractivity contribution in [3.8, 4) is 0 Å². The summed E-state index contributed by atoms with van der Waals surface area (Å²) in [5, 5.41) is 15.0. The van der Waals surface area contributed by atoms with E-state index in [0.29, 0.717) is 32.2 Å². The molecule has 0 bridgehead atoms. The van der Waals surface area contributed by atoms with E-state index in [1.807, 2.05) is 0 Å². The minimum absolute atomic E-state index is 0.00578. The van der Waals surface area contributed by atoms with Gasteiger partial charge in [0.2, 0.25) is 11.8 Å². The third-order valence-corrected chi connectivity index (χ3v) is 11.4. The van der Waals surface area contributed by atoms with Crippen LogP contribution < -0.4 is 26.6 Å². The van der Waals surface area contributed by atoms with Gasteiger partial charge in [0.25, 0.3) is 0 Å². The highest BCUT2D eigenvalue weighted by molar-refractivity contribution is 8.00. The molecule has 228 valence electrons. The summed E-state index contributed by atoms with van der Waals surface area (Å²) in [6, 6.07) is -1.41. The van der Waals surface area contributed by atoms with Crippen molar-refractivity contribution in [1.82, 2.24) is 31.5 Å². The first-order chi connectivity index (χ1) is 18.9. The van der Waals surface area contributed by atoms with E-state index in [9.17, 15) is 22.8 Å². The fourth-order valence-corrected chi connectivity index (χ4v) is 9.12. The first-order valence-electron chi connectivity index (χ1n) is 14.0. The Kier molecular flexibility index (Phi) is 9.73. The van der Waals surface area contributed by atoms with Gasteiger partial charge in [0, 0.05) is 62.5 Å². The van der Waals surface area contributed by atoms with E-state index in [4.69, 9.17) is 27.9 Å². The number of alkyl halides is 5. The minimum atomic E-state index is -4.39. The quantitative estimate of drug-likeness (QED) is 0.228. The van der Waals surface area contributed by atoms with Gasteiger partial charge in [0.15, 0.2) is 0 Å². The summed E-state index contributed by atoms with van der Waals surface area (Å²) in [7, 11) is 1.71. The Bertz CT molecular complexity index is 927. The summed E-state index contributed by atoms with van der Waals surface area (Å²) in [5.41, 5.74) is -0.427. The molecule has 15 heteroatoms. The van der Waals surface area contributed by atoms with Gasteiger partial charge in [-0.25, -0.2) is 0 Å². The standard InChI is InChI=1S/C25H39Cl2F3N6O3S/c1-11-3-12(13-4-21(27)33-8-18(13)39-2)14(6-31-11)22(37)35-24-34-17-9-36(10-19(17)40-24)23(38)15-7-32-20(5-16(15)26)25(28,29)30/h11-21,24,31-34H,3-10H2,1-2H3,(H,35,37). The van der Waals surface area contributed by atoms with Crippen LogP contribution in [0.15, 0.2) is 0 Å². The number of methoxy groups -OCH3 is 1. The van der Waals surface area contributed by atoms with Crippen LogP contribution in [0.4, 0.5) is 13.2 Å². The SMILES string of the molecule is COC1CNC(Cl)CC1C1CC(C)NCC1C(=O)NC1NC2CN(C(=O)C3CNC(C(F)(F)F)CC3Cl)CC2S1. The number of carbonyl (C=O) groups excluding carboxylic acids is 2. The zero-order valence-corrected chi connectivity index (χ0v) is 24.9. The maximum Gasteiger partial charge on any atom is 0.403 e. The summed E-state index contributed by atoms with van der Waals surface area (Å²) >= 11 is 14.3. The Morgan fingerprint density at radius 2 is 1.75 bits per heavy atom. The Balaban J connectivity index is 1.14. The molecule has 0 aromatic rings. The molecule has 40 heavy (non-hydrogen) atoms. The van der Waals surface area contributed by atoms with Gasteiger partial charge < -0.3 is 25.6 Å². The van der Waals surface area contributed by atoms with Gasteiger partial charge >= 0.3 is 6.18 Å². The normalized spacial score (nSPS) is 44.3. The third kappa shape index (κ3) is 6.66. The molecule has 0 saturated carbocycles. The first-order valence-corrected chi connectivity index (χ1v) is 15.8. The molecule has 9 nitrogen and oxygen atoms in total. The molecule has 5 aliphatic rings. The van der Waals surface area contributed by atoms with Crippen molar-refractivity contribution < 1.29 is 27.5 Å². The fourth-order valence-electron chi connectivity index (χ4n) is 7.04. The average Bonchev–Trinajstić information content (AvgIpc) is 3.46. The molecular weight excluding hydrogens is 592 g/mol. The summed E-state index contributed by atoms with van der Waals surface area (Å²) in [6.45, 7) is 4.17. The zero-order valence-electron chi connectivity index (χ0n) is 22.6. The number of halogens is 5. The Hall–Kier alpha value is -0.540. The Labute approximate surface area is 247 Å². The number of likely N-dealkylation sites (tertiary alicyclic amines) is 1. The van der Waals surface area contributed by atoms with Crippen molar-refractivity contribution in [2.45, 2.75) is 78.2 Å². The lowest BCUT2D eigenvalue weighted by molar-refractivity contribution is -0.164. The smallest absolute Gasteiger partial charge is 0.380 e. The van der Waals surface area contributed by atoms with Crippen molar-refractivity contribution in [3.63, 3.8) is 0 Å². The van der Waals surface area contributed by atoms with Crippen molar-refractivity contribution in [1.29, 1.82) is 0 Å². The number of thioether (sulfide) groups is 1. The van der Waals surface area contributed by atoms with Gasteiger partial charge in [-0.3, -0.25) is 20.2 Å². The van der Waals surface area contributed by atoms with E-state index in [0.717, 1.165) is 12.8 Å². The van der Waals surface area contributed by atoms with Crippen LogP contribution in [-0.4, -0.2) is 109 Å².